The van der Waals surface area contributed by atoms with Crippen LogP contribution in [0.15, 0.2) is 48.5 Å². The van der Waals surface area contributed by atoms with E-state index in [1.165, 1.54) is 3.57 Å². The fourth-order valence-corrected chi connectivity index (χ4v) is 3.28. The molecular formula is C17H15ClINO. The van der Waals surface area contributed by atoms with Crippen LogP contribution in [-0.2, 0) is 4.79 Å². The SMILES string of the molecule is O=C1CCCC(c2ccc(Cl)cc2)N1c1ccc(I)cc1. The molecule has 1 aliphatic rings. The van der Waals surface area contributed by atoms with E-state index in [0.717, 1.165) is 29.1 Å². The molecule has 0 bridgehead atoms. The molecule has 1 fully saturated rings. The minimum Gasteiger partial charge on any atom is -0.305 e. The van der Waals surface area contributed by atoms with Crippen LogP contribution in [0.4, 0.5) is 5.69 Å². The summed E-state index contributed by atoms with van der Waals surface area (Å²) in [5.74, 6) is 0.197. The van der Waals surface area contributed by atoms with Crippen molar-refractivity contribution in [2.75, 3.05) is 4.90 Å². The third kappa shape index (κ3) is 3.24. The van der Waals surface area contributed by atoms with Crippen LogP contribution >= 0.6 is 34.2 Å². The molecule has 3 rings (SSSR count). The Bertz CT molecular complexity index is 639. The molecule has 2 nitrogen and oxygen atoms in total. The van der Waals surface area contributed by atoms with Gasteiger partial charge in [-0.15, -0.1) is 0 Å². The van der Waals surface area contributed by atoms with E-state index in [1.54, 1.807) is 0 Å². The summed E-state index contributed by atoms with van der Waals surface area (Å²) in [5, 5.41) is 0.724. The Kier molecular flexibility index (Phi) is 4.50. The molecule has 108 valence electrons. The molecule has 1 atom stereocenters. The first-order valence-electron chi connectivity index (χ1n) is 6.98. The first kappa shape index (κ1) is 14.9. The lowest BCUT2D eigenvalue weighted by atomic mass is 9.94. The van der Waals surface area contributed by atoms with Crippen molar-refractivity contribution in [1.82, 2.24) is 0 Å². The molecule has 21 heavy (non-hydrogen) atoms. The number of hydrogen-bond donors (Lipinski definition) is 0. The number of hydrogen-bond acceptors (Lipinski definition) is 1. The van der Waals surface area contributed by atoms with E-state index in [0.29, 0.717) is 6.42 Å². The Morgan fingerprint density at radius 1 is 1.05 bits per heavy atom. The molecule has 1 unspecified atom stereocenters. The third-order valence-electron chi connectivity index (χ3n) is 3.81. The van der Waals surface area contributed by atoms with Gasteiger partial charge in [0.15, 0.2) is 0 Å². The van der Waals surface area contributed by atoms with Crippen molar-refractivity contribution < 1.29 is 4.79 Å². The number of amides is 1. The maximum absolute atomic E-state index is 12.4. The number of rotatable bonds is 2. The number of nitrogens with zero attached hydrogens (tertiary/aromatic N) is 1. The number of anilines is 1. The van der Waals surface area contributed by atoms with Crippen LogP contribution in [0.2, 0.25) is 5.02 Å². The second-order valence-corrected chi connectivity index (χ2v) is 6.88. The van der Waals surface area contributed by atoms with Gasteiger partial charge in [0.25, 0.3) is 0 Å². The molecule has 1 heterocycles. The van der Waals surface area contributed by atoms with Gasteiger partial charge in [0.1, 0.15) is 0 Å². The van der Waals surface area contributed by atoms with Gasteiger partial charge in [-0.3, -0.25) is 4.79 Å². The van der Waals surface area contributed by atoms with Crippen molar-refractivity contribution in [1.29, 1.82) is 0 Å². The zero-order valence-corrected chi connectivity index (χ0v) is 14.3. The molecule has 0 saturated carbocycles. The van der Waals surface area contributed by atoms with Crippen LogP contribution in [0, 0.1) is 3.57 Å². The predicted octanol–water partition coefficient (Wildman–Crippen LogP) is 5.20. The molecular weight excluding hydrogens is 397 g/mol. The molecule has 0 spiro atoms. The molecule has 4 heteroatoms. The average molecular weight is 412 g/mol. The first-order valence-corrected chi connectivity index (χ1v) is 8.44. The van der Waals surface area contributed by atoms with Crippen LogP contribution in [0.3, 0.4) is 0 Å². The lowest BCUT2D eigenvalue weighted by molar-refractivity contribution is -0.120. The van der Waals surface area contributed by atoms with E-state index in [1.807, 2.05) is 53.4 Å². The van der Waals surface area contributed by atoms with Crippen molar-refractivity contribution in [3.05, 3.63) is 62.7 Å². The summed E-state index contributed by atoms with van der Waals surface area (Å²) in [7, 11) is 0. The smallest absolute Gasteiger partial charge is 0.227 e. The fourth-order valence-electron chi connectivity index (χ4n) is 2.80. The van der Waals surface area contributed by atoms with E-state index in [4.69, 9.17) is 11.6 Å². The van der Waals surface area contributed by atoms with Crippen molar-refractivity contribution in [3.63, 3.8) is 0 Å². The maximum atomic E-state index is 12.4. The highest BCUT2D eigenvalue weighted by Crippen LogP contribution is 2.36. The average Bonchev–Trinajstić information content (AvgIpc) is 2.49. The summed E-state index contributed by atoms with van der Waals surface area (Å²) in [5.41, 5.74) is 2.12. The highest BCUT2D eigenvalue weighted by atomic mass is 127. The van der Waals surface area contributed by atoms with E-state index in [2.05, 4.69) is 22.6 Å². The van der Waals surface area contributed by atoms with E-state index < -0.39 is 0 Å². The summed E-state index contributed by atoms with van der Waals surface area (Å²) in [4.78, 5) is 14.4. The molecule has 0 aromatic heterocycles. The number of halogens is 2. The molecule has 0 radical (unpaired) electrons. The summed E-state index contributed by atoms with van der Waals surface area (Å²) < 4.78 is 1.17. The van der Waals surface area contributed by atoms with Gasteiger partial charge < -0.3 is 4.90 Å². The van der Waals surface area contributed by atoms with Gasteiger partial charge in [0.2, 0.25) is 5.91 Å². The summed E-state index contributed by atoms with van der Waals surface area (Å²) in [6, 6.07) is 16.0. The molecule has 1 amide bonds. The van der Waals surface area contributed by atoms with E-state index >= 15 is 0 Å². The van der Waals surface area contributed by atoms with Crippen molar-refractivity contribution >= 4 is 45.8 Å². The van der Waals surface area contributed by atoms with E-state index in [9.17, 15) is 4.79 Å². The second-order valence-electron chi connectivity index (χ2n) is 5.20. The minimum absolute atomic E-state index is 0.101. The number of benzene rings is 2. The second kappa shape index (κ2) is 6.36. The number of carbonyl (C=O) groups is 1. The van der Waals surface area contributed by atoms with Crippen LogP contribution in [0.25, 0.3) is 0 Å². The van der Waals surface area contributed by atoms with Crippen LogP contribution in [-0.4, -0.2) is 5.91 Å². The van der Waals surface area contributed by atoms with Gasteiger partial charge in [0, 0.05) is 20.7 Å². The van der Waals surface area contributed by atoms with E-state index in [-0.39, 0.29) is 11.9 Å². The quantitative estimate of drug-likeness (QED) is 0.622. The molecule has 0 aliphatic carbocycles. The van der Waals surface area contributed by atoms with Gasteiger partial charge in [0.05, 0.1) is 6.04 Å². The van der Waals surface area contributed by atoms with Gasteiger partial charge in [-0.1, -0.05) is 23.7 Å². The maximum Gasteiger partial charge on any atom is 0.227 e. The zero-order chi connectivity index (χ0) is 14.8. The molecule has 0 N–H and O–H groups in total. The first-order chi connectivity index (χ1) is 10.1. The summed E-state index contributed by atoms with van der Waals surface area (Å²) in [6.45, 7) is 0. The van der Waals surface area contributed by atoms with Gasteiger partial charge >= 0.3 is 0 Å². The van der Waals surface area contributed by atoms with Crippen LogP contribution < -0.4 is 4.90 Å². The fraction of sp³-hybridized carbons (Fsp3) is 0.235. The Morgan fingerprint density at radius 2 is 1.71 bits per heavy atom. The minimum atomic E-state index is 0.101. The lowest BCUT2D eigenvalue weighted by Crippen LogP contribution is -2.38. The predicted molar refractivity (Wildman–Crippen MR) is 94.7 cm³/mol. The molecule has 1 saturated heterocycles. The van der Waals surface area contributed by atoms with Crippen molar-refractivity contribution in [3.8, 4) is 0 Å². The molecule has 1 aliphatic heterocycles. The highest BCUT2D eigenvalue weighted by molar-refractivity contribution is 14.1. The lowest BCUT2D eigenvalue weighted by Gasteiger charge is -2.36. The molecule has 2 aromatic carbocycles. The Morgan fingerprint density at radius 3 is 2.38 bits per heavy atom. The number of carbonyl (C=O) groups excluding carboxylic acids is 1. The monoisotopic (exact) mass is 411 g/mol. The zero-order valence-electron chi connectivity index (χ0n) is 11.4. The highest BCUT2D eigenvalue weighted by Gasteiger charge is 2.30. The largest absolute Gasteiger partial charge is 0.305 e. The topological polar surface area (TPSA) is 20.3 Å². The van der Waals surface area contributed by atoms with Gasteiger partial charge in [-0.2, -0.15) is 0 Å². The summed E-state index contributed by atoms with van der Waals surface area (Å²) in [6.07, 6.45) is 2.54. The van der Waals surface area contributed by atoms with Crippen LogP contribution in [0.1, 0.15) is 30.9 Å². The third-order valence-corrected chi connectivity index (χ3v) is 4.78. The normalized spacial score (nSPS) is 18.9. The van der Waals surface area contributed by atoms with Crippen molar-refractivity contribution in [2.45, 2.75) is 25.3 Å². The van der Waals surface area contributed by atoms with Crippen LogP contribution in [0.5, 0.6) is 0 Å². The molecule has 2 aromatic rings. The van der Waals surface area contributed by atoms with Gasteiger partial charge in [-0.05, 0) is 77.4 Å². The summed E-state index contributed by atoms with van der Waals surface area (Å²) >= 11 is 8.24. The van der Waals surface area contributed by atoms with Crippen molar-refractivity contribution in [2.24, 2.45) is 0 Å². The standard InChI is InChI=1S/C17H15ClINO/c18-13-6-4-12(5-7-13)16-2-1-3-17(21)20(16)15-10-8-14(19)9-11-15/h4-11,16H,1-3H2. The Balaban J connectivity index is 1.98. The van der Waals surface area contributed by atoms with Gasteiger partial charge in [-0.25, -0.2) is 0 Å². The Labute approximate surface area is 143 Å². The number of piperidine rings is 1. The Hall–Kier alpha value is -1.07.